The fraction of sp³-hybridized carbons (Fsp3) is 0.185. The Balaban J connectivity index is 1.99. The zero-order chi connectivity index (χ0) is 26.5. The van der Waals surface area contributed by atoms with Gasteiger partial charge in [0.1, 0.15) is 17.2 Å². The summed E-state index contributed by atoms with van der Waals surface area (Å²) < 4.78 is 19.6. The average molecular weight is 490 g/mol. The fourth-order valence-electron chi connectivity index (χ4n) is 3.38. The van der Waals surface area contributed by atoms with Crippen LogP contribution in [0.2, 0.25) is 0 Å². The summed E-state index contributed by atoms with van der Waals surface area (Å²) in [4.78, 5) is 36.7. The third-order valence-corrected chi connectivity index (χ3v) is 4.84. The Hall–Kier alpha value is -4.71. The molecular weight excluding hydrogens is 465 g/mol. The number of Topliss-reactive ketones (excluding diaryl/α,β-unsaturated/α-hetero) is 1. The fourth-order valence-corrected chi connectivity index (χ4v) is 3.38. The first-order chi connectivity index (χ1) is 16.9. The van der Waals surface area contributed by atoms with E-state index < -0.39 is 35.6 Å². The number of hydrogen-bond donors (Lipinski definition) is 3. The molecule has 0 atom stereocenters. The third-order valence-electron chi connectivity index (χ3n) is 4.84. The number of amides is 2. The third kappa shape index (κ3) is 6.90. The first kappa shape index (κ1) is 25.9. The minimum absolute atomic E-state index is 0.0277. The van der Waals surface area contributed by atoms with Crippen molar-refractivity contribution >= 4 is 29.2 Å². The van der Waals surface area contributed by atoms with E-state index in [9.17, 15) is 23.9 Å². The van der Waals surface area contributed by atoms with Gasteiger partial charge in [-0.1, -0.05) is 24.3 Å². The number of rotatable bonds is 7. The predicted molar refractivity (Wildman–Crippen MR) is 133 cm³/mol. The predicted octanol–water partition coefficient (Wildman–Crippen LogP) is 5.84. The number of halogens is 1. The molecule has 9 heteroatoms. The summed E-state index contributed by atoms with van der Waals surface area (Å²) in [6.07, 6.45) is -1.90. The molecule has 0 spiro atoms. The van der Waals surface area contributed by atoms with Crippen LogP contribution < -0.4 is 15.4 Å². The molecule has 3 rings (SSSR count). The first-order valence-electron chi connectivity index (χ1n) is 10.9. The van der Waals surface area contributed by atoms with Gasteiger partial charge in [-0.15, -0.1) is 0 Å². The van der Waals surface area contributed by atoms with Crippen molar-refractivity contribution in [2.45, 2.75) is 32.8 Å². The standard InChI is InChI=1S/C27H24FN3O5/c1-27(2,3)36-24-13-22(31-26(34)35)21(12-20(24)17-7-9-19(28)10-8-17)30-25(33)14-23(32)18-6-4-5-16(11-18)15-29/h4-13,31H,14H2,1-3H3,(H,30,33)(H,34,35). The van der Waals surface area contributed by atoms with Crippen LogP contribution in [0.4, 0.5) is 20.6 Å². The van der Waals surface area contributed by atoms with Gasteiger partial charge in [-0.2, -0.15) is 5.26 Å². The average Bonchev–Trinajstić information content (AvgIpc) is 2.80. The number of nitrogens with one attached hydrogen (secondary N) is 2. The van der Waals surface area contributed by atoms with Crippen LogP contribution in [0.15, 0.2) is 60.7 Å². The van der Waals surface area contributed by atoms with Crippen LogP contribution in [0.1, 0.15) is 43.1 Å². The van der Waals surface area contributed by atoms with Crippen LogP contribution in [-0.4, -0.2) is 28.5 Å². The molecule has 2 amide bonds. The molecule has 3 N–H and O–H groups in total. The van der Waals surface area contributed by atoms with Gasteiger partial charge in [0.05, 0.1) is 29.4 Å². The molecule has 36 heavy (non-hydrogen) atoms. The molecular formula is C27H24FN3O5. The molecule has 0 aliphatic heterocycles. The highest BCUT2D eigenvalue weighted by Gasteiger charge is 2.21. The maximum Gasteiger partial charge on any atom is 0.409 e. The SMILES string of the molecule is CC(C)(C)Oc1cc(NC(=O)O)c(NC(=O)CC(=O)c2cccc(C#N)c2)cc1-c1ccc(F)cc1. The smallest absolute Gasteiger partial charge is 0.409 e. The zero-order valence-electron chi connectivity index (χ0n) is 19.9. The van der Waals surface area contributed by atoms with Crippen molar-refractivity contribution in [2.75, 3.05) is 10.6 Å². The van der Waals surface area contributed by atoms with Gasteiger partial charge in [-0.3, -0.25) is 14.9 Å². The lowest BCUT2D eigenvalue weighted by Gasteiger charge is -2.25. The van der Waals surface area contributed by atoms with Crippen molar-refractivity contribution in [3.8, 4) is 22.9 Å². The Morgan fingerprint density at radius 1 is 1.00 bits per heavy atom. The maximum atomic E-state index is 13.5. The molecule has 0 unspecified atom stereocenters. The van der Waals surface area contributed by atoms with Gasteiger partial charge >= 0.3 is 6.09 Å². The number of benzene rings is 3. The van der Waals surface area contributed by atoms with E-state index in [0.29, 0.717) is 16.9 Å². The van der Waals surface area contributed by atoms with Gasteiger partial charge in [-0.25, -0.2) is 9.18 Å². The normalized spacial score (nSPS) is 10.8. The second-order valence-corrected chi connectivity index (χ2v) is 8.89. The van der Waals surface area contributed by atoms with E-state index in [1.165, 1.54) is 48.5 Å². The van der Waals surface area contributed by atoms with E-state index in [4.69, 9.17) is 10.00 Å². The maximum absolute atomic E-state index is 13.5. The van der Waals surface area contributed by atoms with E-state index in [2.05, 4.69) is 10.6 Å². The van der Waals surface area contributed by atoms with E-state index in [1.54, 1.807) is 12.1 Å². The minimum Gasteiger partial charge on any atom is -0.487 e. The van der Waals surface area contributed by atoms with Crippen molar-refractivity contribution in [2.24, 2.45) is 0 Å². The Bertz CT molecular complexity index is 1360. The monoisotopic (exact) mass is 489 g/mol. The van der Waals surface area contributed by atoms with Crippen LogP contribution in [0.5, 0.6) is 5.75 Å². The topological polar surface area (TPSA) is 129 Å². The lowest BCUT2D eigenvalue weighted by atomic mass is 10.0. The highest BCUT2D eigenvalue weighted by Crippen LogP contribution is 2.39. The van der Waals surface area contributed by atoms with Gasteiger partial charge < -0.3 is 15.2 Å². The quantitative estimate of drug-likeness (QED) is 0.282. The van der Waals surface area contributed by atoms with Gasteiger partial charge in [0, 0.05) is 17.2 Å². The molecule has 0 radical (unpaired) electrons. The zero-order valence-corrected chi connectivity index (χ0v) is 19.9. The Morgan fingerprint density at radius 3 is 2.28 bits per heavy atom. The van der Waals surface area contributed by atoms with Crippen molar-refractivity contribution < 1.29 is 28.6 Å². The summed E-state index contributed by atoms with van der Waals surface area (Å²) in [6.45, 7) is 5.44. The Kier molecular flexibility index (Phi) is 7.70. The number of ketones is 1. The summed E-state index contributed by atoms with van der Waals surface area (Å²) >= 11 is 0. The van der Waals surface area contributed by atoms with Gasteiger partial charge in [-0.05, 0) is 56.7 Å². The highest BCUT2D eigenvalue weighted by atomic mass is 19.1. The van der Waals surface area contributed by atoms with Crippen LogP contribution >= 0.6 is 0 Å². The number of hydrogen-bond acceptors (Lipinski definition) is 5. The summed E-state index contributed by atoms with van der Waals surface area (Å²) in [5, 5.41) is 23.2. The summed E-state index contributed by atoms with van der Waals surface area (Å²) in [5.41, 5.74) is 0.995. The second-order valence-electron chi connectivity index (χ2n) is 8.89. The Labute approximate surface area is 207 Å². The van der Waals surface area contributed by atoms with E-state index in [0.717, 1.165) is 0 Å². The number of carboxylic acid groups (broad SMARTS) is 1. The number of nitriles is 1. The molecule has 0 heterocycles. The van der Waals surface area contributed by atoms with Gasteiger partial charge in [0.2, 0.25) is 5.91 Å². The second kappa shape index (κ2) is 10.7. The van der Waals surface area contributed by atoms with E-state index in [1.807, 2.05) is 26.8 Å². The van der Waals surface area contributed by atoms with Crippen molar-refractivity contribution in [1.29, 1.82) is 5.26 Å². The lowest BCUT2D eigenvalue weighted by molar-refractivity contribution is -0.115. The van der Waals surface area contributed by atoms with Crippen LogP contribution in [0.25, 0.3) is 11.1 Å². The van der Waals surface area contributed by atoms with E-state index >= 15 is 0 Å². The molecule has 0 saturated heterocycles. The van der Waals surface area contributed by atoms with Crippen molar-refractivity contribution in [1.82, 2.24) is 0 Å². The molecule has 0 fully saturated rings. The van der Waals surface area contributed by atoms with E-state index in [-0.39, 0.29) is 22.5 Å². The van der Waals surface area contributed by atoms with Crippen molar-refractivity contribution in [3.05, 3.63) is 77.6 Å². The first-order valence-corrected chi connectivity index (χ1v) is 10.9. The molecule has 8 nitrogen and oxygen atoms in total. The van der Waals surface area contributed by atoms with Gasteiger partial charge in [0.15, 0.2) is 5.78 Å². The lowest BCUT2D eigenvalue weighted by Crippen LogP contribution is -2.24. The van der Waals surface area contributed by atoms with Crippen LogP contribution in [-0.2, 0) is 4.79 Å². The summed E-state index contributed by atoms with van der Waals surface area (Å²) in [7, 11) is 0. The molecule has 0 aromatic heterocycles. The molecule has 0 bridgehead atoms. The van der Waals surface area contributed by atoms with Crippen LogP contribution in [0.3, 0.4) is 0 Å². The largest absolute Gasteiger partial charge is 0.487 e. The summed E-state index contributed by atoms with van der Waals surface area (Å²) in [6, 6.07) is 16.4. The molecule has 0 saturated carbocycles. The Morgan fingerprint density at radius 2 is 1.67 bits per heavy atom. The number of carbonyl (C=O) groups excluding carboxylic acids is 2. The molecule has 3 aromatic carbocycles. The molecule has 184 valence electrons. The van der Waals surface area contributed by atoms with Crippen LogP contribution in [0, 0.1) is 17.1 Å². The molecule has 3 aromatic rings. The molecule has 0 aliphatic rings. The number of anilines is 2. The number of nitrogens with zero attached hydrogens (tertiary/aromatic N) is 1. The van der Waals surface area contributed by atoms with Crippen molar-refractivity contribution in [3.63, 3.8) is 0 Å². The number of ether oxygens (including phenoxy) is 1. The summed E-state index contributed by atoms with van der Waals surface area (Å²) in [5.74, 6) is -1.33. The van der Waals surface area contributed by atoms with Gasteiger partial charge in [0.25, 0.3) is 0 Å². The molecule has 0 aliphatic carbocycles. The highest BCUT2D eigenvalue weighted by molar-refractivity contribution is 6.12. The minimum atomic E-state index is -1.37. The number of carbonyl (C=O) groups is 3.